The number of carboxylic acid groups (broad SMARTS) is 3. The van der Waals surface area contributed by atoms with E-state index in [-0.39, 0.29) is 14.7 Å². The summed E-state index contributed by atoms with van der Waals surface area (Å²) in [6.07, 6.45) is -7.09. The quantitative estimate of drug-likeness (QED) is 0.361. The molecule has 7 N–H and O–H groups in total. The van der Waals surface area contributed by atoms with Gasteiger partial charge >= 0.3 is 30.3 Å². The molecule has 0 aromatic carbocycles. The van der Waals surface area contributed by atoms with E-state index in [2.05, 4.69) is 0 Å². The van der Waals surface area contributed by atoms with Gasteiger partial charge < -0.3 is 26.8 Å². The van der Waals surface area contributed by atoms with Crippen molar-refractivity contribution in [1.29, 1.82) is 0 Å². The van der Waals surface area contributed by atoms with Crippen LogP contribution in [0.25, 0.3) is 0 Å². The summed E-state index contributed by atoms with van der Waals surface area (Å²) in [6, 6.07) is -0.785. The third-order valence-corrected chi connectivity index (χ3v) is 4.52. The highest BCUT2D eigenvalue weighted by Gasteiger charge is 2.38. The van der Waals surface area contributed by atoms with Gasteiger partial charge in [-0.15, -0.1) is 9.45 Å². The van der Waals surface area contributed by atoms with E-state index in [4.69, 9.17) is 47.6 Å². The molecule has 1 unspecified atom stereocenters. The van der Waals surface area contributed by atoms with Gasteiger partial charge in [0.2, 0.25) is 0 Å². The highest BCUT2D eigenvalue weighted by Crippen LogP contribution is 2.13. The van der Waals surface area contributed by atoms with Gasteiger partial charge in [0.25, 0.3) is 0 Å². The first-order valence-electron chi connectivity index (χ1n) is 6.48. The molecule has 0 radical (unpaired) electrons. The summed E-state index contributed by atoms with van der Waals surface area (Å²) in [7, 11) is -0.173. The Morgan fingerprint density at radius 1 is 0.963 bits per heavy atom. The number of carbonyl (C=O) groups is 3. The van der Waals surface area contributed by atoms with Crippen molar-refractivity contribution >= 4 is 38.6 Å². The van der Waals surface area contributed by atoms with Gasteiger partial charge in [0.05, 0.1) is 0 Å². The zero-order valence-corrected chi connectivity index (χ0v) is 15.2. The fourth-order valence-electron chi connectivity index (χ4n) is 0.908. The molecule has 8 nitrogen and oxygen atoms in total. The average Bonchev–Trinajstić information content (AvgIpc) is 2.46. The summed E-state index contributed by atoms with van der Waals surface area (Å²) in [4.78, 5) is 28.2. The summed E-state index contributed by atoms with van der Waals surface area (Å²) in [5.41, 5.74) is 10.8. The predicted molar refractivity (Wildman–Crippen MR) is 85.7 cm³/mol. The maximum atomic E-state index is 10.6. The first kappa shape index (κ1) is 30.2. The van der Waals surface area contributed by atoms with Crippen molar-refractivity contribution in [3.05, 3.63) is 0 Å². The summed E-state index contributed by atoms with van der Waals surface area (Å²) in [6.45, 7) is 0.509. The molecule has 0 rings (SSSR count). The van der Waals surface area contributed by atoms with Crippen LogP contribution in [0.2, 0.25) is 0 Å². The van der Waals surface area contributed by atoms with Crippen LogP contribution in [0.15, 0.2) is 0 Å². The summed E-state index contributed by atoms with van der Waals surface area (Å²) >= 11 is 5.08. The van der Waals surface area contributed by atoms with Crippen LogP contribution in [-0.2, 0) is 35.0 Å². The van der Waals surface area contributed by atoms with Crippen molar-refractivity contribution in [3.63, 3.8) is 0 Å². The monoisotopic (exact) mass is 452 g/mol. The van der Waals surface area contributed by atoms with Gasteiger partial charge in [0, 0.05) is 11.8 Å². The zero-order chi connectivity index (χ0) is 22.6. The van der Waals surface area contributed by atoms with Crippen molar-refractivity contribution in [2.45, 2.75) is 36.5 Å². The Kier molecular flexibility index (Phi) is 15.2. The second kappa shape index (κ2) is 13.6. The molecule has 27 heavy (non-hydrogen) atoms. The minimum Gasteiger partial charge on any atom is -0.480 e. The lowest BCUT2D eigenvalue weighted by molar-refractivity contribution is -0.193. The third-order valence-electron chi connectivity index (χ3n) is 2.33. The topological polar surface area (TPSA) is 164 Å². The fourth-order valence-corrected chi connectivity index (χ4v) is 2.17. The molecule has 0 saturated carbocycles. The van der Waals surface area contributed by atoms with Crippen LogP contribution < -0.4 is 11.5 Å². The molecule has 0 aromatic heterocycles. The van der Waals surface area contributed by atoms with Crippen LogP contribution in [-0.4, -0.2) is 69.7 Å². The Bertz CT molecular complexity index is 491. The lowest BCUT2D eigenvalue weighted by atomic mass is 10.1. The molecule has 0 spiro atoms. The normalized spacial score (nSPS) is 14.4. The smallest absolute Gasteiger partial charge is 0.480 e. The van der Waals surface area contributed by atoms with Crippen molar-refractivity contribution < 1.29 is 56.0 Å². The lowest BCUT2D eigenvalue weighted by Crippen LogP contribution is -2.33. The van der Waals surface area contributed by atoms with E-state index in [0.29, 0.717) is 19.4 Å². The molecule has 0 aromatic rings. The van der Waals surface area contributed by atoms with Crippen molar-refractivity contribution in [2.24, 2.45) is 11.5 Å². The number of alkyl halides is 6. The molecule has 0 bridgehead atoms. The predicted octanol–water partition coefficient (Wildman–Crippen LogP) is 0.482. The summed E-state index contributed by atoms with van der Waals surface area (Å²) < 4.78 is 63.5. The molecule has 0 aliphatic rings. The Hall–Kier alpha value is -1.52. The minimum atomic E-state index is -5.08. The number of carboxylic acids is 3. The molecular weight excluding hydrogens is 434 g/mol. The van der Waals surface area contributed by atoms with E-state index >= 15 is 0 Å². The number of nitrogens with two attached hydrogens (primary N) is 2. The fraction of sp³-hybridized carbons (Fsp3) is 0.727. The Morgan fingerprint density at radius 2 is 1.26 bits per heavy atom. The van der Waals surface area contributed by atoms with Crippen LogP contribution in [0.5, 0.6) is 0 Å². The van der Waals surface area contributed by atoms with E-state index in [1.54, 1.807) is 0 Å². The molecule has 162 valence electrons. The zero-order valence-electron chi connectivity index (χ0n) is 13.6. The molecule has 16 heteroatoms. The van der Waals surface area contributed by atoms with Gasteiger partial charge in [-0.1, -0.05) is 11.2 Å². The number of hydrogen-bond acceptors (Lipinski definition) is 6. The van der Waals surface area contributed by atoms with Gasteiger partial charge in [0.15, 0.2) is 0 Å². The van der Waals surface area contributed by atoms with E-state index in [9.17, 15) is 31.1 Å². The highest BCUT2D eigenvalue weighted by molar-refractivity contribution is 8.28. The third kappa shape index (κ3) is 19.1. The Morgan fingerprint density at radius 3 is 1.41 bits per heavy atom. The van der Waals surface area contributed by atoms with E-state index in [1.165, 1.54) is 0 Å². The van der Waals surface area contributed by atoms with Crippen LogP contribution in [0.3, 0.4) is 0 Å². The number of hydrogen-bond donors (Lipinski definition) is 5. The molecule has 0 saturated heterocycles. The Balaban J connectivity index is -0.000000350. The van der Waals surface area contributed by atoms with Crippen molar-refractivity contribution in [1.82, 2.24) is 0 Å². The number of rotatable bonds is 6. The van der Waals surface area contributed by atoms with Crippen LogP contribution >= 0.6 is 0 Å². The Labute approximate surface area is 156 Å². The second-order valence-corrected chi connectivity index (χ2v) is 7.73. The van der Waals surface area contributed by atoms with E-state index in [0.717, 1.165) is 0 Å². The van der Waals surface area contributed by atoms with Gasteiger partial charge in [-0.2, -0.15) is 26.3 Å². The highest BCUT2D eigenvalue weighted by atomic mass is 32.8. The largest absolute Gasteiger partial charge is 0.490 e. The molecule has 0 fully saturated rings. The summed E-state index contributed by atoms with van der Waals surface area (Å²) in [5.74, 6) is -6.48. The molecule has 0 amide bonds. The molecule has 3 atom stereocenters. The standard InChI is InChI=1S/C7H16N2O2S2.2C2HF3O2/c1-13(12)5(4-8)2-3-6(9)7(10)11;2*3-2(4,5)1(6)7/h5-6H,2-4,8-9H2,1H3,(H,10,11);2*(H,6,7)/t5-,6-,13?;;/m0../s1. The van der Waals surface area contributed by atoms with Gasteiger partial charge in [-0.25, -0.2) is 9.59 Å². The first-order chi connectivity index (χ1) is 11.9. The van der Waals surface area contributed by atoms with Crippen molar-refractivity contribution in [2.75, 3.05) is 12.8 Å². The number of aliphatic carboxylic acids is 3. The van der Waals surface area contributed by atoms with Crippen LogP contribution in [0, 0.1) is 0 Å². The van der Waals surface area contributed by atoms with Gasteiger partial charge in [-0.05, 0) is 19.1 Å². The first-order valence-corrected chi connectivity index (χ1v) is 9.10. The number of halogens is 6. The van der Waals surface area contributed by atoms with Crippen LogP contribution in [0.4, 0.5) is 26.3 Å². The molecule has 0 heterocycles. The lowest BCUT2D eigenvalue weighted by Gasteiger charge is -2.15. The SMILES string of the molecule is CS(=S)[C@H](CN)CC[C@H](N)C(=O)O.O=C(O)C(F)(F)F.O=C(O)C(F)(F)F. The van der Waals surface area contributed by atoms with Crippen LogP contribution in [0.1, 0.15) is 12.8 Å². The van der Waals surface area contributed by atoms with E-state index < -0.39 is 36.3 Å². The summed E-state index contributed by atoms with van der Waals surface area (Å²) in [5, 5.41) is 23.0. The molecule has 0 aliphatic heterocycles. The maximum Gasteiger partial charge on any atom is 0.490 e. The minimum absolute atomic E-state index is 0.173. The average molecular weight is 452 g/mol. The van der Waals surface area contributed by atoms with Gasteiger partial charge in [0.1, 0.15) is 6.04 Å². The van der Waals surface area contributed by atoms with Crippen molar-refractivity contribution in [3.8, 4) is 0 Å². The van der Waals surface area contributed by atoms with E-state index in [1.807, 2.05) is 6.26 Å². The second-order valence-electron chi connectivity index (χ2n) is 4.48. The molecule has 0 aliphatic carbocycles. The van der Waals surface area contributed by atoms with Gasteiger partial charge in [-0.3, -0.25) is 4.79 Å². The molecular formula is C11H18F6N2O6S2. The maximum absolute atomic E-state index is 10.6.